The average Bonchev–Trinajstić information content (AvgIpc) is 3.73. The van der Waals surface area contributed by atoms with Crippen molar-refractivity contribution in [2.45, 2.75) is 135 Å². The largest absolute Gasteiger partial charge is 0.467 e. The minimum atomic E-state index is -2.39. The molecule has 4 aliphatic rings. The molecule has 3 aliphatic carbocycles. The van der Waals surface area contributed by atoms with Gasteiger partial charge < -0.3 is 57.8 Å². The third kappa shape index (κ3) is 8.50. The SMILES string of the molecule is COCO[C@H]1C[C@H]2OC[C@@]2(OC(C)=O)[C@H]2[C@H](OC(=O)c3ccccc3)[C@]3(O)C[C@H](OC(=O)[C@H](O)[C@H](NC(=O)OC(C)(C)C)c4ccco4)C(C)=C([C@@H](OC(C)=O)C(=O)[C@]12C)C3(C)C. The molecule has 18 heteroatoms. The molecule has 0 radical (unpaired) electrons. The maximum Gasteiger partial charge on any atom is 0.408 e. The molecule has 2 aromatic rings. The number of hydrogen-bond acceptors (Lipinski definition) is 17. The van der Waals surface area contributed by atoms with Crippen molar-refractivity contribution in [3.8, 4) is 0 Å². The van der Waals surface area contributed by atoms with Gasteiger partial charge in [-0.25, -0.2) is 14.4 Å². The maximum absolute atomic E-state index is 15.8. The van der Waals surface area contributed by atoms with Crippen LogP contribution >= 0.6 is 0 Å². The Morgan fingerprint density at radius 2 is 1.65 bits per heavy atom. The second-order valence-electron chi connectivity index (χ2n) is 18.3. The van der Waals surface area contributed by atoms with Crippen molar-refractivity contribution >= 4 is 35.8 Å². The fraction of sp³-hybridized carbons (Fsp3) is 0.600. The van der Waals surface area contributed by atoms with Crippen LogP contribution in [-0.4, -0.2) is 120 Å². The minimum Gasteiger partial charge on any atom is -0.467 e. The van der Waals surface area contributed by atoms with E-state index in [1.165, 1.54) is 58.4 Å². The molecule has 2 saturated carbocycles. The molecule has 1 aromatic heterocycles. The van der Waals surface area contributed by atoms with Crippen LogP contribution < -0.4 is 5.32 Å². The lowest BCUT2D eigenvalue weighted by Crippen LogP contribution is -2.82. The van der Waals surface area contributed by atoms with E-state index < -0.39 is 118 Å². The summed E-state index contributed by atoms with van der Waals surface area (Å²) < 4.78 is 53.0. The molecular formula is C45H57NO17. The van der Waals surface area contributed by atoms with Gasteiger partial charge in [0, 0.05) is 39.2 Å². The number of esters is 4. The number of hydrogen-bond donors (Lipinski definition) is 3. The van der Waals surface area contributed by atoms with Crippen molar-refractivity contribution in [2.24, 2.45) is 16.7 Å². The summed E-state index contributed by atoms with van der Waals surface area (Å²) in [7, 11) is 1.38. The second-order valence-corrected chi connectivity index (χ2v) is 18.3. The highest BCUT2D eigenvalue weighted by atomic mass is 16.7. The number of rotatable bonds is 12. The van der Waals surface area contributed by atoms with E-state index in [1.54, 1.807) is 52.8 Å². The van der Waals surface area contributed by atoms with E-state index in [9.17, 15) is 34.2 Å². The Morgan fingerprint density at radius 1 is 0.968 bits per heavy atom. The predicted molar refractivity (Wildman–Crippen MR) is 216 cm³/mol. The molecule has 1 saturated heterocycles. The zero-order valence-electron chi connectivity index (χ0n) is 37.1. The maximum atomic E-state index is 15.8. The van der Waals surface area contributed by atoms with Gasteiger partial charge in [-0.2, -0.15) is 0 Å². The molecule has 0 unspecified atom stereocenters. The lowest BCUT2D eigenvalue weighted by molar-refractivity contribution is -0.351. The van der Waals surface area contributed by atoms with Gasteiger partial charge in [0.25, 0.3) is 0 Å². The minimum absolute atomic E-state index is 0.0117. The van der Waals surface area contributed by atoms with Gasteiger partial charge in [0.1, 0.15) is 48.1 Å². The molecule has 3 fully saturated rings. The van der Waals surface area contributed by atoms with Crippen LogP contribution in [0.25, 0.3) is 0 Å². The van der Waals surface area contributed by atoms with Gasteiger partial charge in [0.2, 0.25) is 0 Å². The molecular weight excluding hydrogens is 826 g/mol. The number of Topliss-reactive ketones (excluding diaryl/α,β-unsaturated/α-hetero) is 1. The molecule has 6 rings (SSSR count). The molecule has 1 amide bonds. The smallest absolute Gasteiger partial charge is 0.408 e. The summed E-state index contributed by atoms with van der Waals surface area (Å²) in [6.45, 7) is 12.7. The van der Waals surface area contributed by atoms with Crippen molar-refractivity contribution in [2.75, 3.05) is 20.5 Å². The number of ketones is 1. The summed E-state index contributed by atoms with van der Waals surface area (Å²) in [5.74, 6) is -6.15. The van der Waals surface area contributed by atoms with Crippen molar-refractivity contribution in [1.82, 2.24) is 5.32 Å². The molecule has 18 nitrogen and oxygen atoms in total. The van der Waals surface area contributed by atoms with E-state index in [1.807, 2.05) is 0 Å². The highest BCUT2D eigenvalue weighted by Crippen LogP contribution is 2.65. The Bertz CT molecular complexity index is 2110. The zero-order chi connectivity index (χ0) is 46.4. The molecule has 1 aromatic carbocycles. The van der Waals surface area contributed by atoms with Gasteiger partial charge >= 0.3 is 30.0 Å². The summed E-state index contributed by atoms with van der Waals surface area (Å²) in [4.78, 5) is 83.6. The number of benzene rings is 1. The van der Waals surface area contributed by atoms with Crippen LogP contribution in [0.1, 0.15) is 97.3 Å². The van der Waals surface area contributed by atoms with Crippen molar-refractivity contribution in [1.29, 1.82) is 0 Å². The van der Waals surface area contributed by atoms with E-state index >= 15 is 4.79 Å². The van der Waals surface area contributed by atoms with Crippen LogP contribution in [0.5, 0.6) is 0 Å². The van der Waals surface area contributed by atoms with Gasteiger partial charge in [0.15, 0.2) is 23.6 Å². The third-order valence-corrected chi connectivity index (χ3v) is 12.9. The molecule has 2 heterocycles. The van der Waals surface area contributed by atoms with E-state index in [4.69, 9.17) is 42.3 Å². The first kappa shape index (κ1) is 47.3. The van der Waals surface area contributed by atoms with Crippen LogP contribution in [0.4, 0.5) is 4.79 Å². The number of fused-ring (bicyclic) bond motifs is 5. The molecule has 11 atom stereocenters. The van der Waals surface area contributed by atoms with Crippen LogP contribution in [0.2, 0.25) is 0 Å². The van der Waals surface area contributed by atoms with Gasteiger partial charge in [-0.15, -0.1) is 0 Å². The number of amides is 1. The molecule has 2 bridgehead atoms. The fourth-order valence-corrected chi connectivity index (χ4v) is 9.94. The first-order valence-corrected chi connectivity index (χ1v) is 20.7. The fourth-order valence-electron chi connectivity index (χ4n) is 9.94. The lowest BCUT2D eigenvalue weighted by atomic mass is 9.44. The van der Waals surface area contributed by atoms with E-state index in [0.29, 0.717) is 0 Å². The van der Waals surface area contributed by atoms with Crippen LogP contribution in [-0.2, 0) is 57.1 Å². The number of carbonyl (C=O) groups is 6. The topological polar surface area (TPSA) is 242 Å². The second kappa shape index (κ2) is 17.4. The van der Waals surface area contributed by atoms with Crippen molar-refractivity contribution in [3.05, 3.63) is 71.2 Å². The van der Waals surface area contributed by atoms with Crippen LogP contribution in [0.15, 0.2) is 64.3 Å². The summed E-state index contributed by atoms with van der Waals surface area (Å²) in [6.07, 6.45) is -9.65. The van der Waals surface area contributed by atoms with E-state index in [2.05, 4.69) is 5.32 Å². The first-order chi connectivity index (χ1) is 29.4. The Hall–Kier alpha value is -5.14. The Balaban J connectivity index is 1.56. The van der Waals surface area contributed by atoms with Gasteiger partial charge in [-0.05, 0) is 70.0 Å². The molecule has 0 spiro atoms. The number of nitrogens with one attached hydrogen (secondary N) is 1. The number of aliphatic hydroxyl groups is 2. The lowest BCUT2D eigenvalue weighted by Gasteiger charge is -2.67. The molecule has 1 aliphatic heterocycles. The first-order valence-electron chi connectivity index (χ1n) is 20.7. The Kier molecular flexibility index (Phi) is 13.1. The summed E-state index contributed by atoms with van der Waals surface area (Å²) in [5.41, 5.74) is -8.41. The number of ether oxygens (including phenoxy) is 8. The zero-order valence-corrected chi connectivity index (χ0v) is 37.1. The number of methoxy groups -OCH3 is 1. The van der Waals surface area contributed by atoms with Gasteiger partial charge in [0.05, 0.1) is 35.9 Å². The number of furan rings is 1. The summed E-state index contributed by atoms with van der Waals surface area (Å²) in [5, 5.41) is 27.9. The summed E-state index contributed by atoms with van der Waals surface area (Å²) >= 11 is 0. The van der Waals surface area contributed by atoms with E-state index in [-0.39, 0.29) is 42.3 Å². The summed E-state index contributed by atoms with van der Waals surface area (Å²) in [6, 6.07) is 9.24. The number of carbonyl (C=O) groups excluding carboxylic acids is 6. The van der Waals surface area contributed by atoms with Gasteiger partial charge in [-0.1, -0.05) is 32.0 Å². The van der Waals surface area contributed by atoms with Crippen LogP contribution in [0, 0.1) is 16.7 Å². The molecule has 63 heavy (non-hydrogen) atoms. The van der Waals surface area contributed by atoms with Crippen LogP contribution in [0.3, 0.4) is 0 Å². The predicted octanol–water partition coefficient (Wildman–Crippen LogP) is 4.05. The number of alkyl carbamates (subject to hydrolysis) is 1. The normalized spacial score (nSPS) is 31.9. The highest BCUT2D eigenvalue weighted by molar-refractivity contribution is 5.95. The van der Waals surface area contributed by atoms with Gasteiger partial charge in [-0.3, -0.25) is 14.4 Å². The third-order valence-electron chi connectivity index (χ3n) is 12.9. The van der Waals surface area contributed by atoms with Crippen molar-refractivity contribution in [3.63, 3.8) is 0 Å². The average molecular weight is 884 g/mol. The Morgan fingerprint density at radius 3 is 2.21 bits per heavy atom. The van der Waals surface area contributed by atoms with Crippen molar-refractivity contribution < 1.29 is 81.3 Å². The molecule has 3 N–H and O–H groups in total. The quantitative estimate of drug-likeness (QED) is 0.118. The van der Waals surface area contributed by atoms with E-state index in [0.717, 1.165) is 6.92 Å². The highest BCUT2D eigenvalue weighted by Gasteiger charge is 2.78. The number of aliphatic hydroxyl groups excluding tert-OH is 1. The monoisotopic (exact) mass is 883 g/mol. The molecule has 344 valence electrons. The standard InChI is InChI=1S/C45H57NO17/c1-23-28(60-39(52)33(49)32(27-17-14-18-56-27)46-40(53)63-41(4,5)6)20-45(54)37(61-38(51)26-15-12-11-13-16-26)35-43(9,36(50)34(59-24(2)47)31(23)42(45,7)8)29(58-22-55-10)19-30-44(35,21-57-30)62-25(3)48/h11-18,28-30,32-35,37,49,54H,19-22H2,1-10H3,(H,46,53)/t28-,29-,30+,32+,33+,34+,35-,37-,43+,44-,45+/m0/s1. The Labute approximate surface area is 364 Å².